The molecule has 0 aliphatic heterocycles. The molecule has 148 valence electrons. The number of benzene rings is 3. The van der Waals surface area contributed by atoms with E-state index in [1.807, 2.05) is 53.7 Å². The Balaban J connectivity index is 1.74. The van der Waals surface area contributed by atoms with Crippen LogP contribution in [0.25, 0.3) is 22.3 Å². The average Bonchev–Trinajstić information content (AvgIpc) is 2.74. The lowest BCUT2D eigenvalue weighted by Crippen LogP contribution is -1.96. The van der Waals surface area contributed by atoms with Crippen molar-refractivity contribution in [3.8, 4) is 28.0 Å². The van der Waals surface area contributed by atoms with Crippen molar-refractivity contribution in [3.63, 3.8) is 0 Å². The fourth-order valence-electron chi connectivity index (χ4n) is 3.03. The Morgan fingerprint density at radius 1 is 0.828 bits per heavy atom. The number of thiocarbonyl (C=S) groups is 1. The van der Waals surface area contributed by atoms with Crippen LogP contribution >= 0.6 is 12.2 Å². The van der Waals surface area contributed by atoms with Gasteiger partial charge < -0.3 is 4.74 Å². The number of halogens is 2. The van der Waals surface area contributed by atoms with E-state index in [1.54, 1.807) is 0 Å². The molecule has 2 nitrogen and oxygen atoms in total. The van der Waals surface area contributed by atoms with Crippen LogP contribution in [0.4, 0.5) is 14.5 Å². The highest BCUT2D eigenvalue weighted by atomic mass is 32.1. The normalized spacial score (nSPS) is 10.4. The molecule has 3 aromatic carbocycles. The zero-order valence-corrected chi connectivity index (χ0v) is 16.9. The first-order chi connectivity index (χ1) is 14.1. The van der Waals surface area contributed by atoms with E-state index in [1.165, 1.54) is 25.0 Å². The number of hydrogen-bond donors (Lipinski definition) is 0. The van der Waals surface area contributed by atoms with E-state index in [2.05, 4.69) is 24.1 Å². The molecule has 0 aromatic heterocycles. The highest BCUT2D eigenvalue weighted by Gasteiger charge is 2.11. The molecule has 0 saturated carbocycles. The van der Waals surface area contributed by atoms with Gasteiger partial charge in [0.1, 0.15) is 11.4 Å². The molecule has 0 atom stereocenters. The molecule has 3 rings (SSSR count). The van der Waals surface area contributed by atoms with E-state index in [0.717, 1.165) is 29.9 Å². The second-order valence-corrected chi connectivity index (χ2v) is 6.83. The van der Waals surface area contributed by atoms with E-state index < -0.39 is 17.3 Å². The van der Waals surface area contributed by atoms with Gasteiger partial charge in [0.25, 0.3) is 0 Å². The van der Waals surface area contributed by atoms with E-state index in [9.17, 15) is 8.78 Å². The largest absolute Gasteiger partial charge is 0.494 e. The molecule has 29 heavy (non-hydrogen) atoms. The maximum atomic E-state index is 14.1. The van der Waals surface area contributed by atoms with Gasteiger partial charge in [0.2, 0.25) is 0 Å². The summed E-state index contributed by atoms with van der Waals surface area (Å²) >= 11 is 4.42. The molecule has 0 spiro atoms. The standard InChI is InChI=1S/C24H21F2NOS/c1-2-3-4-13-28-21-11-9-18(10-12-21)17-5-7-19(8-6-17)20-14-22(25)24(27-16-29)23(26)15-20/h5-12,14-15H,2-4,13H2,1H3. The SMILES string of the molecule is CCCCCOc1ccc(-c2ccc(-c3cc(F)c(N=C=S)c(F)c3)cc2)cc1. The van der Waals surface area contributed by atoms with E-state index in [-0.39, 0.29) is 0 Å². The monoisotopic (exact) mass is 409 g/mol. The summed E-state index contributed by atoms with van der Waals surface area (Å²) in [5.41, 5.74) is 2.78. The summed E-state index contributed by atoms with van der Waals surface area (Å²) in [4.78, 5) is 3.43. The lowest BCUT2D eigenvalue weighted by atomic mass is 10.00. The summed E-state index contributed by atoms with van der Waals surface area (Å²) in [6, 6.07) is 17.9. The van der Waals surface area contributed by atoms with Gasteiger partial charge in [-0.05, 0) is 65.2 Å². The first-order valence-corrected chi connectivity index (χ1v) is 9.93. The van der Waals surface area contributed by atoms with Crippen molar-refractivity contribution in [2.24, 2.45) is 4.99 Å². The molecule has 0 aliphatic carbocycles. The summed E-state index contributed by atoms with van der Waals surface area (Å²) in [6.07, 6.45) is 3.39. The first kappa shape index (κ1) is 20.8. The Kier molecular flexibility index (Phi) is 7.23. The van der Waals surface area contributed by atoms with Crippen molar-refractivity contribution < 1.29 is 13.5 Å². The Hall–Kier alpha value is -2.88. The lowest BCUT2D eigenvalue weighted by Gasteiger charge is -2.09. The van der Waals surface area contributed by atoms with Crippen molar-refractivity contribution in [2.75, 3.05) is 6.61 Å². The van der Waals surface area contributed by atoms with Gasteiger partial charge in [-0.15, -0.1) is 0 Å². The van der Waals surface area contributed by atoms with Crippen LogP contribution in [0.5, 0.6) is 5.75 Å². The Morgan fingerprint density at radius 3 is 1.86 bits per heavy atom. The maximum Gasteiger partial charge on any atom is 0.153 e. The van der Waals surface area contributed by atoms with Gasteiger partial charge in [-0.2, -0.15) is 4.99 Å². The number of rotatable bonds is 8. The van der Waals surface area contributed by atoms with E-state index >= 15 is 0 Å². The third-order valence-corrected chi connectivity index (χ3v) is 4.69. The number of aliphatic imine (C=N–C) groups is 1. The lowest BCUT2D eigenvalue weighted by molar-refractivity contribution is 0.306. The fourth-order valence-corrected chi connectivity index (χ4v) is 3.12. The van der Waals surface area contributed by atoms with Crippen LogP contribution in [0.15, 0.2) is 65.7 Å². The summed E-state index contributed by atoms with van der Waals surface area (Å²) in [6.45, 7) is 2.89. The summed E-state index contributed by atoms with van der Waals surface area (Å²) in [5.74, 6) is -0.682. The summed E-state index contributed by atoms with van der Waals surface area (Å²) in [5, 5.41) is 1.99. The third kappa shape index (κ3) is 5.35. The van der Waals surface area contributed by atoms with Crippen LogP contribution in [0.1, 0.15) is 26.2 Å². The zero-order chi connectivity index (χ0) is 20.6. The van der Waals surface area contributed by atoms with Crippen molar-refractivity contribution in [1.29, 1.82) is 0 Å². The van der Waals surface area contributed by atoms with Crippen LogP contribution < -0.4 is 4.74 Å². The molecule has 0 bridgehead atoms. The molecule has 0 saturated heterocycles. The predicted molar refractivity (Wildman–Crippen MR) is 117 cm³/mol. The Labute approximate surface area is 174 Å². The zero-order valence-electron chi connectivity index (χ0n) is 16.1. The molecule has 0 aliphatic rings. The number of unbranched alkanes of at least 4 members (excludes halogenated alkanes) is 2. The summed E-state index contributed by atoms with van der Waals surface area (Å²) in [7, 11) is 0. The second-order valence-electron chi connectivity index (χ2n) is 6.65. The molecule has 3 aromatic rings. The van der Waals surface area contributed by atoms with Crippen LogP contribution in [0.3, 0.4) is 0 Å². The summed E-state index contributed by atoms with van der Waals surface area (Å²) < 4.78 is 33.9. The van der Waals surface area contributed by atoms with Gasteiger partial charge in [-0.25, -0.2) is 8.78 Å². The van der Waals surface area contributed by atoms with Gasteiger partial charge in [0.15, 0.2) is 11.6 Å². The van der Waals surface area contributed by atoms with Gasteiger partial charge in [0, 0.05) is 0 Å². The fraction of sp³-hybridized carbons (Fsp3) is 0.208. The average molecular weight is 410 g/mol. The highest BCUT2D eigenvalue weighted by molar-refractivity contribution is 7.78. The van der Waals surface area contributed by atoms with E-state index in [4.69, 9.17) is 4.74 Å². The molecule has 0 N–H and O–H groups in total. The Bertz CT molecular complexity index is 987. The second kappa shape index (κ2) is 10.1. The van der Waals surface area contributed by atoms with Crippen LogP contribution in [0.2, 0.25) is 0 Å². The van der Waals surface area contributed by atoms with Crippen molar-refractivity contribution in [1.82, 2.24) is 0 Å². The first-order valence-electron chi connectivity index (χ1n) is 9.53. The molecule has 0 fully saturated rings. The van der Waals surface area contributed by atoms with Crippen LogP contribution in [-0.2, 0) is 0 Å². The van der Waals surface area contributed by atoms with Gasteiger partial charge >= 0.3 is 0 Å². The van der Waals surface area contributed by atoms with Crippen LogP contribution in [-0.4, -0.2) is 11.8 Å². The van der Waals surface area contributed by atoms with Crippen molar-refractivity contribution >= 4 is 23.1 Å². The quantitative estimate of drug-likeness (QED) is 0.217. The minimum atomic E-state index is -0.768. The van der Waals surface area contributed by atoms with E-state index in [0.29, 0.717) is 11.1 Å². The molecule has 0 heterocycles. The molecule has 0 amide bonds. The Morgan fingerprint density at radius 2 is 1.34 bits per heavy atom. The topological polar surface area (TPSA) is 21.6 Å². The van der Waals surface area contributed by atoms with Gasteiger partial charge in [-0.1, -0.05) is 56.2 Å². The maximum absolute atomic E-state index is 14.1. The number of nitrogens with zero attached hydrogens (tertiary/aromatic N) is 1. The van der Waals surface area contributed by atoms with Crippen molar-refractivity contribution in [2.45, 2.75) is 26.2 Å². The number of hydrogen-bond acceptors (Lipinski definition) is 3. The molecule has 0 unspecified atom stereocenters. The molecule has 5 heteroatoms. The third-order valence-electron chi connectivity index (χ3n) is 4.60. The smallest absolute Gasteiger partial charge is 0.153 e. The molecular formula is C24H21F2NOS. The van der Waals surface area contributed by atoms with Gasteiger partial charge in [0.05, 0.1) is 11.8 Å². The molecule has 0 radical (unpaired) electrons. The predicted octanol–water partition coefficient (Wildman–Crippen LogP) is 7.60. The minimum absolute atomic E-state index is 0.419. The number of ether oxygens (including phenoxy) is 1. The van der Waals surface area contributed by atoms with Crippen molar-refractivity contribution in [3.05, 3.63) is 72.3 Å². The minimum Gasteiger partial charge on any atom is -0.494 e. The van der Waals surface area contributed by atoms with Crippen LogP contribution in [0, 0.1) is 11.6 Å². The molecular weight excluding hydrogens is 388 g/mol. The van der Waals surface area contributed by atoms with Gasteiger partial charge in [-0.3, -0.25) is 0 Å². The highest BCUT2D eigenvalue weighted by Crippen LogP contribution is 2.31. The number of isothiocyanates is 1.